The minimum atomic E-state index is -0.415. The van der Waals surface area contributed by atoms with Crippen LogP contribution in [-0.2, 0) is 12.8 Å². The average molecular weight is 219 g/mol. The van der Waals surface area contributed by atoms with Crippen LogP contribution in [0.15, 0.2) is 35.1 Å². The maximum absolute atomic E-state index is 10.4. The Morgan fingerprint density at radius 3 is 2.56 bits per heavy atom. The Balaban J connectivity index is 1.98. The van der Waals surface area contributed by atoms with E-state index in [2.05, 4.69) is 10.2 Å². The van der Waals surface area contributed by atoms with Gasteiger partial charge in [0.2, 0.25) is 12.3 Å². The van der Waals surface area contributed by atoms with Gasteiger partial charge in [-0.15, -0.1) is 10.2 Å². The summed E-state index contributed by atoms with van der Waals surface area (Å²) in [6.45, 7) is 0. The number of non-ortho nitro benzene ring substituents is 1. The molecule has 82 valence electrons. The van der Waals surface area contributed by atoms with E-state index in [-0.39, 0.29) is 5.69 Å². The lowest BCUT2D eigenvalue weighted by atomic mass is 10.1. The van der Waals surface area contributed by atoms with Crippen molar-refractivity contribution in [2.24, 2.45) is 0 Å². The van der Waals surface area contributed by atoms with Gasteiger partial charge in [-0.3, -0.25) is 10.1 Å². The first-order chi connectivity index (χ1) is 7.75. The number of benzene rings is 1. The third-order valence-corrected chi connectivity index (χ3v) is 2.18. The molecule has 0 aliphatic carbocycles. The number of aromatic nitrogens is 2. The maximum atomic E-state index is 10.4. The van der Waals surface area contributed by atoms with E-state index in [9.17, 15) is 10.1 Å². The van der Waals surface area contributed by atoms with Crippen LogP contribution in [0.2, 0.25) is 0 Å². The molecule has 16 heavy (non-hydrogen) atoms. The zero-order chi connectivity index (χ0) is 11.4. The molecule has 6 heteroatoms. The third-order valence-electron chi connectivity index (χ3n) is 2.18. The van der Waals surface area contributed by atoms with Crippen LogP contribution in [0.1, 0.15) is 11.5 Å². The number of rotatable bonds is 4. The molecule has 0 saturated carbocycles. The van der Waals surface area contributed by atoms with Crippen molar-refractivity contribution < 1.29 is 9.34 Å². The first-order valence-corrected chi connectivity index (χ1v) is 4.74. The van der Waals surface area contributed by atoms with E-state index in [0.717, 1.165) is 12.0 Å². The van der Waals surface area contributed by atoms with Gasteiger partial charge in [0, 0.05) is 18.6 Å². The fraction of sp³-hybridized carbons (Fsp3) is 0.200. The topological polar surface area (TPSA) is 82.1 Å². The summed E-state index contributed by atoms with van der Waals surface area (Å²) in [5.41, 5.74) is 1.10. The second-order valence-electron chi connectivity index (χ2n) is 3.26. The largest absolute Gasteiger partial charge is 0.428 e. The molecule has 6 nitrogen and oxygen atoms in total. The van der Waals surface area contributed by atoms with Crippen LogP contribution >= 0.6 is 0 Å². The summed E-state index contributed by atoms with van der Waals surface area (Å²) in [6, 6.07) is 6.44. The molecule has 0 unspecified atom stereocenters. The molecule has 0 bridgehead atoms. The summed E-state index contributed by atoms with van der Waals surface area (Å²) >= 11 is 0. The lowest BCUT2D eigenvalue weighted by molar-refractivity contribution is -0.384. The minimum Gasteiger partial charge on any atom is -0.428 e. The number of hydrogen-bond donors (Lipinski definition) is 0. The zero-order valence-corrected chi connectivity index (χ0v) is 8.37. The van der Waals surface area contributed by atoms with Crippen LogP contribution < -0.4 is 0 Å². The van der Waals surface area contributed by atoms with Gasteiger partial charge in [-0.2, -0.15) is 0 Å². The quantitative estimate of drug-likeness (QED) is 0.578. The number of aryl methyl sites for hydroxylation is 2. The van der Waals surface area contributed by atoms with Crippen molar-refractivity contribution in [3.05, 3.63) is 52.2 Å². The summed E-state index contributed by atoms with van der Waals surface area (Å²) < 4.78 is 4.99. The van der Waals surface area contributed by atoms with E-state index in [4.69, 9.17) is 4.42 Å². The van der Waals surface area contributed by atoms with Gasteiger partial charge in [-0.05, 0) is 12.0 Å². The van der Waals surface area contributed by atoms with E-state index in [1.165, 1.54) is 18.5 Å². The highest BCUT2D eigenvalue weighted by Gasteiger charge is 2.05. The van der Waals surface area contributed by atoms with Gasteiger partial charge in [-0.25, -0.2) is 0 Å². The molecule has 2 rings (SSSR count). The second kappa shape index (κ2) is 4.52. The van der Waals surface area contributed by atoms with E-state index in [1.807, 2.05) is 0 Å². The Morgan fingerprint density at radius 2 is 2.00 bits per heavy atom. The highest BCUT2D eigenvalue weighted by Crippen LogP contribution is 2.13. The third kappa shape index (κ3) is 2.41. The highest BCUT2D eigenvalue weighted by atomic mass is 16.6. The molecule has 1 aromatic carbocycles. The number of nitro groups is 1. The molecule has 0 aliphatic rings. The number of nitro benzene ring substituents is 1. The van der Waals surface area contributed by atoms with Crippen LogP contribution in [0.3, 0.4) is 0 Å². The fourth-order valence-electron chi connectivity index (χ4n) is 1.34. The summed E-state index contributed by atoms with van der Waals surface area (Å²) in [6.07, 6.45) is 2.64. The van der Waals surface area contributed by atoms with Crippen molar-refractivity contribution in [2.75, 3.05) is 0 Å². The lowest BCUT2D eigenvalue weighted by Crippen LogP contribution is -1.93. The normalized spacial score (nSPS) is 10.2. The molecular formula is C10H9N3O3. The Labute approximate surface area is 91.1 Å². The molecule has 1 aromatic heterocycles. The monoisotopic (exact) mass is 219 g/mol. The Bertz CT molecular complexity index is 465. The zero-order valence-electron chi connectivity index (χ0n) is 8.37. The minimum absolute atomic E-state index is 0.0986. The molecule has 0 N–H and O–H groups in total. The van der Waals surface area contributed by atoms with Crippen LogP contribution in [0.5, 0.6) is 0 Å². The molecule has 2 aromatic rings. The number of hydrogen-bond acceptors (Lipinski definition) is 5. The van der Waals surface area contributed by atoms with E-state index < -0.39 is 4.92 Å². The summed E-state index contributed by atoms with van der Waals surface area (Å²) in [5, 5.41) is 17.7. The SMILES string of the molecule is O=[N+]([O-])c1ccc(CCc2nnco2)cc1. The first-order valence-electron chi connectivity index (χ1n) is 4.74. The van der Waals surface area contributed by atoms with Gasteiger partial charge in [0.15, 0.2) is 0 Å². The Morgan fingerprint density at radius 1 is 1.25 bits per heavy atom. The van der Waals surface area contributed by atoms with Gasteiger partial charge in [0.05, 0.1) is 4.92 Å². The average Bonchev–Trinajstić information content (AvgIpc) is 2.80. The van der Waals surface area contributed by atoms with Crippen LogP contribution in [0.25, 0.3) is 0 Å². The second-order valence-corrected chi connectivity index (χ2v) is 3.26. The van der Waals surface area contributed by atoms with E-state index >= 15 is 0 Å². The molecule has 0 spiro atoms. The highest BCUT2D eigenvalue weighted by molar-refractivity contribution is 5.32. The van der Waals surface area contributed by atoms with Gasteiger partial charge in [0.25, 0.3) is 5.69 Å². The molecule has 0 amide bonds. The van der Waals surface area contributed by atoms with Crippen molar-refractivity contribution in [3.8, 4) is 0 Å². The number of nitrogens with zero attached hydrogens (tertiary/aromatic N) is 3. The first kappa shape index (κ1) is 10.3. The van der Waals surface area contributed by atoms with Gasteiger partial charge < -0.3 is 4.42 Å². The predicted molar refractivity (Wildman–Crippen MR) is 54.8 cm³/mol. The van der Waals surface area contributed by atoms with Gasteiger partial charge >= 0.3 is 0 Å². The van der Waals surface area contributed by atoms with Crippen molar-refractivity contribution in [1.29, 1.82) is 0 Å². The van der Waals surface area contributed by atoms with Crippen molar-refractivity contribution in [3.63, 3.8) is 0 Å². The molecule has 1 heterocycles. The molecule has 0 aliphatic heterocycles. The molecule has 0 radical (unpaired) electrons. The van der Waals surface area contributed by atoms with Crippen molar-refractivity contribution in [2.45, 2.75) is 12.8 Å². The Hall–Kier alpha value is -2.24. The molecule has 0 fully saturated rings. The molecule has 0 atom stereocenters. The van der Waals surface area contributed by atoms with E-state index in [1.54, 1.807) is 12.1 Å². The standard InChI is InChI=1S/C10H9N3O3/c14-13(15)9-4-1-8(2-5-9)3-6-10-12-11-7-16-10/h1-2,4-5,7H,3,6H2. The van der Waals surface area contributed by atoms with Crippen LogP contribution in [0, 0.1) is 10.1 Å². The van der Waals surface area contributed by atoms with Crippen molar-refractivity contribution >= 4 is 5.69 Å². The Kier molecular flexibility index (Phi) is 2.90. The maximum Gasteiger partial charge on any atom is 0.269 e. The van der Waals surface area contributed by atoms with Crippen molar-refractivity contribution in [1.82, 2.24) is 10.2 Å². The van der Waals surface area contributed by atoms with Gasteiger partial charge in [-0.1, -0.05) is 12.1 Å². The smallest absolute Gasteiger partial charge is 0.269 e. The fourth-order valence-corrected chi connectivity index (χ4v) is 1.34. The summed E-state index contributed by atoms with van der Waals surface area (Å²) in [4.78, 5) is 10.0. The summed E-state index contributed by atoms with van der Waals surface area (Å²) in [5.74, 6) is 0.568. The van der Waals surface area contributed by atoms with Crippen LogP contribution in [0.4, 0.5) is 5.69 Å². The molecule has 0 saturated heterocycles. The summed E-state index contributed by atoms with van der Waals surface area (Å²) in [7, 11) is 0. The lowest BCUT2D eigenvalue weighted by Gasteiger charge is -1.97. The molecular weight excluding hydrogens is 210 g/mol. The van der Waals surface area contributed by atoms with Crippen LogP contribution in [-0.4, -0.2) is 15.1 Å². The van der Waals surface area contributed by atoms with E-state index in [0.29, 0.717) is 12.3 Å². The predicted octanol–water partition coefficient (Wildman–Crippen LogP) is 1.76. The van der Waals surface area contributed by atoms with Gasteiger partial charge in [0.1, 0.15) is 0 Å².